The van der Waals surface area contributed by atoms with Crippen LogP contribution in [0.2, 0.25) is 5.02 Å². The molecule has 0 saturated carbocycles. The molecule has 36 heavy (non-hydrogen) atoms. The molecule has 4 aromatic rings. The molecule has 184 valence electrons. The van der Waals surface area contributed by atoms with Gasteiger partial charge in [0.25, 0.3) is 5.91 Å². The first-order chi connectivity index (χ1) is 17.4. The highest BCUT2D eigenvalue weighted by Gasteiger charge is 2.24. The van der Waals surface area contributed by atoms with Crippen molar-refractivity contribution >= 4 is 46.0 Å². The molecule has 10 heteroatoms. The predicted molar refractivity (Wildman–Crippen MR) is 142 cm³/mol. The summed E-state index contributed by atoms with van der Waals surface area (Å²) in [5, 5.41) is 0.618. The molecule has 0 spiro atoms. The first-order valence-corrected chi connectivity index (χ1v) is 12.0. The fraction of sp³-hybridized carbons (Fsp3) is 0.231. The molecule has 1 aliphatic heterocycles. The third kappa shape index (κ3) is 4.96. The molecule has 9 nitrogen and oxygen atoms in total. The van der Waals surface area contributed by atoms with Gasteiger partial charge in [-0.2, -0.15) is 4.98 Å². The Morgan fingerprint density at radius 1 is 0.972 bits per heavy atom. The van der Waals surface area contributed by atoms with Gasteiger partial charge in [0.2, 0.25) is 5.95 Å². The van der Waals surface area contributed by atoms with E-state index in [1.54, 1.807) is 29.2 Å². The van der Waals surface area contributed by atoms with E-state index in [0.29, 0.717) is 59.5 Å². The van der Waals surface area contributed by atoms with Gasteiger partial charge < -0.3 is 26.0 Å². The van der Waals surface area contributed by atoms with Gasteiger partial charge in [0, 0.05) is 42.5 Å². The summed E-state index contributed by atoms with van der Waals surface area (Å²) in [4.78, 5) is 30.3. The summed E-state index contributed by atoms with van der Waals surface area (Å²) in [6, 6.07) is 16.6. The average Bonchev–Trinajstić information content (AvgIpc) is 2.89. The van der Waals surface area contributed by atoms with E-state index in [9.17, 15) is 4.79 Å². The van der Waals surface area contributed by atoms with Crippen molar-refractivity contribution in [1.29, 1.82) is 0 Å². The van der Waals surface area contributed by atoms with Gasteiger partial charge in [-0.05, 0) is 55.0 Å². The van der Waals surface area contributed by atoms with E-state index in [4.69, 9.17) is 32.8 Å². The van der Waals surface area contributed by atoms with Crippen LogP contribution >= 0.6 is 11.6 Å². The van der Waals surface area contributed by atoms with E-state index in [0.717, 1.165) is 16.8 Å². The minimum Gasteiger partial charge on any atom is -0.484 e. The topological polar surface area (TPSA) is 123 Å². The SMILES string of the molecule is Cc1ccc(-c2ccc3nc(N)nc(N4CCN(C(=O)COc5ccc(Cl)cc5)CC4)c3n2)cc1N. The molecule has 5 rings (SSSR count). The summed E-state index contributed by atoms with van der Waals surface area (Å²) in [6.45, 7) is 4.17. The standard InChI is InChI=1S/C26H26ClN7O2/c1-16-2-3-17(14-20(16)28)21-8-9-22-24(30-21)25(32-26(29)31-22)34-12-10-33(11-13-34)23(35)15-36-19-6-4-18(27)5-7-19/h2-9,14H,10-13,15,28H2,1H3,(H2,29,31,32). The number of anilines is 3. The Kier molecular flexibility index (Phi) is 6.47. The molecule has 4 N–H and O–H groups in total. The molecule has 1 aliphatic rings. The second-order valence-electron chi connectivity index (χ2n) is 8.65. The quantitative estimate of drug-likeness (QED) is 0.396. The second-order valence-corrected chi connectivity index (χ2v) is 9.09. The van der Waals surface area contributed by atoms with E-state index in [1.807, 2.05) is 37.3 Å². The number of nitrogens with two attached hydrogens (primary N) is 2. The van der Waals surface area contributed by atoms with Crippen LogP contribution in [0.4, 0.5) is 17.5 Å². The third-order valence-electron chi connectivity index (χ3n) is 6.22. The normalized spacial score (nSPS) is 13.7. The van der Waals surface area contributed by atoms with Crippen molar-refractivity contribution < 1.29 is 9.53 Å². The van der Waals surface area contributed by atoms with Crippen molar-refractivity contribution in [3.05, 3.63) is 65.2 Å². The van der Waals surface area contributed by atoms with Crippen molar-refractivity contribution in [3.8, 4) is 17.0 Å². The monoisotopic (exact) mass is 503 g/mol. The lowest BCUT2D eigenvalue weighted by molar-refractivity contribution is -0.133. The maximum Gasteiger partial charge on any atom is 0.260 e. The van der Waals surface area contributed by atoms with Gasteiger partial charge in [0.05, 0.1) is 11.2 Å². The van der Waals surface area contributed by atoms with E-state index >= 15 is 0 Å². The molecule has 0 unspecified atom stereocenters. The van der Waals surface area contributed by atoms with Crippen LogP contribution in [0.3, 0.4) is 0 Å². The maximum absolute atomic E-state index is 12.7. The van der Waals surface area contributed by atoms with Crippen molar-refractivity contribution in [2.75, 3.05) is 49.2 Å². The zero-order chi connectivity index (χ0) is 25.2. The van der Waals surface area contributed by atoms with E-state index < -0.39 is 0 Å². The number of ether oxygens (including phenoxy) is 1. The molecule has 0 radical (unpaired) electrons. The summed E-state index contributed by atoms with van der Waals surface area (Å²) in [6.07, 6.45) is 0. The van der Waals surface area contributed by atoms with Gasteiger partial charge >= 0.3 is 0 Å². The number of piperazine rings is 1. The van der Waals surface area contributed by atoms with Crippen molar-refractivity contribution in [3.63, 3.8) is 0 Å². The minimum atomic E-state index is -0.0750. The summed E-state index contributed by atoms with van der Waals surface area (Å²) < 4.78 is 5.61. The number of aromatic nitrogens is 3. The number of pyridine rings is 1. The first kappa shape index (κ1) is 23.6. The molecule has 1 fully saturated rings. The Labute approximate surface area is 213 Å². The van der Waals surface area contributed by atoms with Crippen LogP contribution in [0.25, 0.3) is 22.3 Å². The number of rotatable bonds is 5. The number of aryl methyl sites for hydroxylation is 1. The van der Waals surface area contributed by atoms with Gasteiger partial charge in [-0.25, -0.2) is 9.97 Å². The largest absolute Gasteiger partial charge is 0.484 e. The molecule has 1 saturated heterocycles. The maximum atomic E-state index is 12.7. The molecule has 0 aliphatic carbocycles. The van der Waals surface area contributed by atoms with Crippen LogP contribution in [-0.2, 0) is 4.79 Å². The number of carbonyl (C=O) groups is 1. The highest BCUT2D eigenvalue weighted by atomic mass is 35.5. The van der Waals surface area contributed by atoms with Gasteiger partial charge in [-0.3, -0.25) is 4.79 Å². The Bertz CT molecular complexity index is 1420. The second kappa shape index (κ2) is 9.87. The predicted octanol–water partition coefficient (Wildman–Crippen LogP) is 3.55. The highest BCUT2D eigenvalue weighted by Crippen LogP contribution is 2.29. The average molecular weight is 504 g/mol. The Morgan fingerprint density at radius 2 is 1.72 bits per heavy atom. The number of fused-ring (bicyclic) bond motifs is 1. The molecule has 2 aromatic heterocycles. The van der Waals surface area contributed by atoms with Crippen LogP contribution in [0.15, 0.2) is 54.6 Å². The van der Waals surface area contributed by atoms with E-state index in [1.165, 1.54) is 0 Å². The van der Waals surface area contributed by atoms with E-state index in [-0.39, 0.29) is 18.5 Å². The smallest absolute Gasteiger partial charge is 0.260 e. The molecule has 1 amide bonds. The number of hydrogen-bond acceptors (Lipinski definition) is 8. The molecule has 0 atom stereocenters. The van der Waals surface area contributed by atoms with Crippen molar-refractivity contribution in [1.82, 2.24) is 19.9 Å². The number of hydrogen-bond donors (Lipinski definition) is 2. The zero-order valence-electron chi connectivity index (χ0n) is 19.8. The van der Waals surface area contributed by atoms with Gasteiger partial charge in [0.1, 0.15) is 11.3 Å². The fourth-order valence-corrected chi connectivity index (χ4v) is 4.26. The minimum absolute atomic E-state index is 0.0321. The fourth-order valence-electron chi connectivity index (χ4n) is 4.13. The lowest BCUT2D eigenvalue weighted by atomic mass is 10.1. The van der Waals surface area contributed by atoms with Gasteiger partial charge in [-0.1, -0.05) is 23.7 Å². The number of nitrogens with zero attached hydrogens (tertiary/aromatic N) is 5. The summed E-state index contributed by atoms with van der Waals surface area (Å²) in [5.41, 5.74) is 16.9. The molecule has 0 bridgehead atoms. The summed E-state index contributed by atoms with van der Waals surface area (Å²) in [5.74, 6) is 1.37. The van der Waals surface area contributed by atoms with Crippen LogP contribution in [0.5, 0.6) is 5.75 Å². The number of carbonyl (C=O) groups excluding carboxylic acids is 1. The summed E-state index contributed by atoms with van der Waals surface area (Å²) in [7, 11) is 0. The first-order valence-electron chi connectivity index (χ1n) is 11.6. The number of amides is 1. The summed E-state index contributed by atoms with van der Waals surface area (Å²) >= 11 is 5.90. The van der Waals surface area contributed by atoms with Crippen LogP contribution in [0, 0.1) is 6.92 Å². The van der Waals surface area contributed by atoms with E-state index in [2.05, 4.69) is 14.9 Å². The molecule has 3 heterocycles. The third-order valence-corrected chi connectivity index (χ3v) is 6.48. The lowest BCUT2D eigenvalue weighted by Gasteiger charge is -2.35. The Balaban J connectivity index is 1.32. The van der Waals surface area contributed by atoms with Crippen LogP contribution < -0.4 is 21.1 Å². The zero-order valence-corrected chi connectivity index (χ0v) is 20.6. The Morgan fingerprint density at radius 3 is 2.44 bits per heavy atom. The number of nitrogen functional groups attached to an aromatic ring is 2. The van der Waals surface area contributed by atoms with Crippen molar-refractivity contribution in [2.24, 2.45) is 0 Å². The molecule has 2 aromatic carbocycles. The van der Waals surface area contributed by atoms with Gasteiger partial charge in [0.15, 0.2) is 12.4 Å². The number of benzene rings is 2. The number of halogens is 1. The highest BCUT2D eigenvalue weighted by molar-refractivity contribution is 6.30. The van der Waals surface area contributed by atoms with Crippen LogP contribution in [0.1, 0.15) is 5.56 Å². The Hall–Kier alpha value is -4.11. The molecular weight excluding hydrogens is 478 g/mol. The van der Waals surface area contributed by atoms with Crippen molar-refractivity contribution in [2.45, 2.75) is 6.92 Å². The van der Waals surface area contributed by atoms with Gasteiger partial charge in [-0.15, -0.1) is 0 Å². The lowest BCUT2D eigenvalue weighted by Crippen LogP contribution is -2.50. The molecular formula is C26H26ClN7O2. The van der Waals surface area contributed by atoms with Crippen LogP contribution in [-0.4, -0.2) is 58.5 Å².